The van der Waals surface area contributed by atoms with Gasteiger partial charge in [-0.15, -0.1) is 0 Å². The number of nitrogens with one attached hydrogen (secondary N) is 2. The topological polar surface area (TPSA) is 70.1 Å². The summed E-state index contributed by atoms with van der Waals surface area (Å²) in [7, 11) is 0. The first-order valence-electron chi connectivity index (χ1n) is 11.9. The van der Waals surface area contributed by atoms with Crippen LogP contribution in [0.4, 0.5) is 0 Å². The monoisotopic (exact) mass is 454 g/mol. The summed E-state index contributed by atoms with van der Waals surface area (Å²) in [5, 5.41) is 4.49. The van der Waals surface area contributed by atoms with Gasteiger partial charge in [-0.25, -0.2) is 0 Å². The highest BCUT2D eigenvalue weighted by Crippen LogP contribution is 2.38. The van der Waals surface area contributed by atoms with Gasteiger partial charge in [-0.3, -0.25) is 14.9 Å². The SMILES string of the molecule is CCN(CC)CCn1cc(C2=C(c3c[nH]c4ccc(C)cc34)C(=O)NC2=O)c2cc(C)ccc21. The standard InChI is InChI=1S/C28H30N4O2/c1-5-31(6-2)11-12-32-16-22(20-14-18(4)8-10-24(20)32)26-25(27(33)30-28(26)34)21-15-29-23-9-7-17(3)13-19(21)23/h7-10,13-16,29H,5-6,11-12H2,1-4H3,(H,30,33,34). The molecule has 2 N–H and O–H groups in total. The number of aryl methyl sites for hydroxylation is 2. The minimum absolute atomic E-state index is 0.341. The van der Waals surface area contributed by atoms with Crippen LogP contribution in [0.5, 0.6) is 0 Å². The van der Waals surface area contributed by atoms with Gasteiger partial charge < -0.3 is 14.5 Å². The minimum Gasteiger partial charge on any atom is -0.361 e. The van der Waals surface area contributed by atoms with Crippen LogP contribution in [0.3, 0.4) is 0 Å². The average molecular weight is 455 g/mol. The highest BCUT2D eigenvalue weighted by atomic mass is 16.2. The minimum atomic E-state index is -0.348. The maximum absolute atomic E-state index is 13.2. The molecule has 0 saturated heterocycles. The number of nitrogens with zero attached hydrogens (tertiary/aromatic N) is 2. The number of imide groups is 1. The second-order valence-corrected chi connectivity index (χ2v) is 9.07. The average Bonchev–Trinajstić information content (AvgIpc) is 3.46. The Bertz CT molecular complexity index is 1470. The van der Waals surface area contributed by atoms with Crippen LogP contribution < -0.4 is 5.32 Å². The highest BCUT2D eigenvalue weighted by molar-refractivity contribution is 6.50. The van der Waals surface area contributed by atoms with Crippen LogP contribution in [0.1, 0.15) is 36.1 Å². The number of hydrogen-bond acceptors (Lipinski definition) is 3. The molecule has 6 heteroatoms. The molecular formula is C28H30N4O2. The first-order chi connectivity index (χ1) is 16.4. The molecule has 34 heavy (non-hydrogen) atoms. The summed E-state index contributed by atoms with van der Waals surface area (Å²) in [6.07, 6.45) is 3.88. The van der Waals surface area contributed by atoms with Gasteiger partial charge >= 0.3 is 0 Å². The van der Waals surface area contributed by atoms with Crippen LogP contribution in [0.2, 0.25) is 0 Å². The zero-order chi connectivity index (χ0) is 24.0. The maximum Gasteiger partial charge on any atom is 0.259 e. The van der Waals surface area contributed by atoms with Crippen molar-refractivity contribution in [2.24, 2.45) is 0 Å². The Labute approximate surface area is 199 Å². The van der Waals surface area contributed by atoms with Gasteiger partial charge in [0.2, 0.25) is 0 Å². The van der Waals surface area contributed by atoms with Crippen LogP contribution in [0, 0.1) is 13.8 Å². The van der Waals surface area contributed by atoms with E-state index in [1.54, 1.807) is 0 Å². The van der Waals surface area contributed by atoms with Gasteiger partial charge in [0, 0.05) is 58.4 Å². The van der Waals surface area contributed by atoms with Crippen molar-refractivity contribution in [1.29, 1.82) is 0 Å². The molecule has 174 valence electrons. The van der Waals surface area contributed by atoms with E-state index in [9.17, 15) is 9.59 Å². The lowest BCUT2D eigenvalue weighted by atomic mass is 9.95. The van der Waals surface area contributed by atoms with E-state index in [0.717, 1.165) is 70.2 Å². The fourth-order valence-electron chi connectivity index (χ4n) is 4.99. The molecule has 5 rings (SSSR count). The summed E-state index contributed by atoms with van der Waals surface area (Å²) in [4.78, 5) is 31.9. The highest BCUT2D eigenvalue weighted by Gasteiger charge is 2.35. The van der Waals surface area contributed by atoms with Crippen LogP contribution >= 0.6 is 0 Å². The predicted octanol–water partition coefficient (Wildman–Crippen LogP) is 4.65. The first kappa shape index (κ1) is 22.2. The van der Waals surface area contributed by atoms with Gasteiger partial charge in [0.15, 0.2) is 0 Å². The van der Waals surface area contributed by atoms with E-state index in [4.69, 9.17) is 0 Å². The molecule has 2 aromatic carbocycles. The van der Waals surface area contributed by atoms with Crippen molar-refractivity contribution in [1.82, 2.24) is 19.8 Å². The van der Waals surface area contributed by atoms with Crippen LogP contribution in [-0.2, 0) is 16.1 Å². The van der Waals surface area contributed by atoms with Crippen molar-refractivity contribution in [3.05, 3.63) is 71.0 Å². The van der Waals surface area contributed by atoms with Gasteiger partial charge in [-0.2, -0.15) is 0 Å². The van der Waals surface area contributed by atoms with Crippen molar-refractivity contribution in [2.45, 2.75) is 34.2 Å². The number of hydrogen-bond donors (Lipinski definition) is 2. The van der Waals surface area contributed by atoms with Crippen molar-refractivity contribution < 1.29 is 9.59 Å². The largest absolute Gasteiger partial charge is 0.361 e. The zero-order valence-electron chi connectivity index (χ0n) is 20.2. The molecule has 6 nitrogen and oxygen atoms in total. The molecule has 2 amide bonds. The number of benzene rings is 2. The summed E-state index contributed by atoms with van der Waals surface area (Å²) in [5.74, 6) is -0.689. The van der Waals surface area contributed by atoms with Crippen molar-refractivity contribution in [3.63, 3.8) is 0 Å². The molecule has 0 bridgehead atoms. The number of aromatic nitrogens is 2. The normalized spacial score (nSPS) is 14.3. The fraction of sp³-hybridized carbons (Fsp3) is 0.286. The summed E-state index contributed by atoms with van der Waals surface area (Å²) in [6.45, 7) is 12.1. The Balaban J connectivity index is 1.72. The first-order valence-corrected chi connectivity index (χ1v) is 11.9. The molecule has 1 aliphatic rings. The Morgan fingerprint density at radius 3 is 2.21 bits per heavy atom. The summed E-state index contributed by atoms with van der Waals surface area (Å²) in [6, 6.07) is 12.4. The molecule has 0 fully saturated rings. The van der Waals surface area contributed by atoms with E-state index in [-0.39, 0.29) is 11.8 Å². The predicted molar refractivity (Wildman–Crippen MR) is 137 cm³/mol. The lowest BCUT2D eigenvalue weighted by Crippen LogP contribution is -2.26. The van der Waals surface area contributed by atoms with E-state index in [1.807, 2.05) is 38.4 Å². The molecule has 0 saturated carbocycles. The number of aromatic amines is 1. The fourth-order valence-corrected chi connectivity index (χ4v) is 4.99. The van der Waals surface area contributed by atoms with Crippen molar-refractivity contribution in [2.75, 3.05) is 19.6 Å². The summed E-state index contributed by atoms with van der Waals surface area (Å²) >= 11 is 0. The molecule has 0 aliphatic carbocycles. The van der Waals surface area contributed by atoms with Crippen LogP contribution in [0.15, 0.2) is 48.8 Å². The van der Waals surface area contributed by atoms with Gasteiger partial charge in [0.05, 0.1) is 11.1 Å². The van der Waals surface area contributed by atoms with Crippen LogP contribution in [0.25, 0.3) is 33.0 Å². The molecule has 0 spiro atoms. The Kier molecular flexibility index (Phi) is 5.62. The third kappa shape index (κ3) is 3.64. The van der Waals surface area contributed by atoms with Gasteiger partial charge in [-0.05, 0) is 51.2 Å². The second-order valence-electron chi connectivity index (χ2n) is 9.07. The smallest absolute Gasteiger partial charge is 0.259 e. The zero-order valence-corrected chi connectivity index (χ0v) is 20.2. The van der Waals surface area contributed by atoms with Gasteiger partial charge in [0.25, 0.3) is 11.8 Å². The summed E-state index contributed by atoms with van der Waals surface area (Å²) in [5.41, 5.74) is 6.68. The number of rotatable bonds is 7. The molecule has 2 aromatic heterocycles. The van der Waals surface area contributed by atoms with Crippen molar-refractivity contribution in [3.8, 4) is 0 Å². The van der Waals surface area contributed by atoms with Crippen molar-refractivity contribution >= 4 is 44.8 Å². The Hall–Kier alpha value is -3.64. The van der Waals surface area contributed by atoms with E-state index < -0.39 is 0 Å². The molecule has 3 heterocycles. The molecule has 4 aromatic rings. The molecule has 1 aliphatic heterocycles. The van der Waals surface area contributed by atoms with E-state index in [1.165, 1.54) is 0 Å². The lowest BCUT2D eigenvalue weighted by molar-refractivity contribution is -0.122. The number of carbonyl (C=O) groups is 2. The number of carbonyl (C=O) groups excluding carboxylic acids is 2. The van der Waals surface area contributed by atoms with E-state index >= 15 is 0 Å². The number of fused-ring (bicyclic) bond motifs is 2. The van der Waals surface area contributed by atoms with E-state index in [2.05, 4.69) is 57.9 Å². The molecule has 0 unspecified atom stereocenters. The second kappa shape index (κ2) is 8.61. The molecular weight excluding hydrogens is 424 g/mol. The summed E-state index contributed by atoms with van der Waals surface area (Å²) < 4.78 is 2.21. The number of amides is 2. The Morgan fingerprint density at radius 2 is 1.50 bits per heavy atom. The third-order valence-electron chi connectivity index (χ3n) is 6.90. The maximum atomic E-state index is 13.2. The Morgan fingerprint density at radius 1 is 0.853 bits per heavy atom. The molecule has 0 atom stereocenters. The van der Waals surface area contributed by atoms with Gasteiger partial charge in [-0.1, -0.05) is 37.1 Å². The van der Waals surface area contributed by atoms with E-state index in [0.29, 0.717) is 11.1 Å². The molecule has 0 radical (unpaired) electrons. The number of H-pyrrole nitrogens is 1. The van der Waals surface area contributed by atoms with Gasteiger partial charge in [0.1, 0.15) is 0 Å². The number of likely N-dealkylation sites (N-methyl/N-ethyl adjacent to an activating group) is 1. The third-order valence-corrected chi connectivity index (χ3v) is 6.90. The van der Waals surface area contributed by atoms with Crippen LogP contribution in [-0.4, -0.2) is 45.9 Å². The quantitative estimate of drug-likeness (QED) is 0.400. The lowest BCUT2D eigenvalue weighted by Gasteiger charge is -2.18.